The number of hydrazine groups is 1. The zero-order valence-electron chi connectivity index (χ0n) is 7.21. The molecule has 1 rings (SSSR count). The molecule has 0 saturated heterocycles. The van der Waals surface area contributed by atoms with E-state index < -0.39 is 0 Å². The Balaban J connectivity index is 2.53. The minimum atomic E-state index is 0.798. The van der Waals surface area contributed by atoms with Crippen LogP contribution in [0, 0.1) is 0 Å². The lowest BCUT2D eigenvalue weighted by Crippen LogP contribution is -2.24. The van der Waals surface area contributed by atoms with Crippen LogP contribution in [0.3, 0.4) is 0 Å². The Morgan fingerprint density at radius 2 is 2.00 bits per heavy atom. The summed E-state index contributed by atoms with van der Waals surface area (Å²) in [4.78, 5) is 0. The maximum absolute atomic E-state index is 5.16. The second-order valence-electron chi connectivity index (χ2n) is 2.55. The molecule has 1 aromatic carbocycles. The molecule has 0 heterocycles. The topological polar surface area (TPSA) is 47.3 Å². The Bertz CT molecular complexity index is 220. The first-order valence-corrected chi connectivity index (χ1v) is 3.93. The third kappa shape index (κ3) is 2.53. The second-order valence-corrected chi connectivity index (χ2v) is 2.55. The fraction of sp³-hybridized carbons (Fsp3) is 0.333. The van der Waals surface area contributed by atoms with Gasteiger partial charge in [0.15, 0.2) is 0 Å². The number of benzene rings is 1. The van der Waals surface area contributed by atoms with Gasteiger partial charge >= 0.3 is 0 Å². The molecule has 0 aliphatic heterocycles. The van der Waals surface area contributed by atoms with Crippen LogP contribution in [-0.4, -0.2) is 13.7 Å². The van der Waals surface area contributed by atoms with E-state index in [1.807, 2.05) is 24.3 Å². The summed E-state index contributed by atoms with van der Waals surface area (Å²) in [5.74, 6) is 6.05. The van der Waals surface area contributed by atoms with Gasteiger partial charge in [-0.25, -0.2) is 0 Å². The molecule has 3 heteroatoms. The van der Waals surface area contributed by atoms with Crippen molar-refractivity contribution in [3.8, 4) is 5.75 Å². The average molecular weight is 166 g/mol. The minimum Gasteiger partial charge on any atom is -0.497 e. The van der Waals surface area contributed by atoms with E-state index in [-0.39, 0.29) is 0 Å². The molecule has 0 saturated carbocycles. The van der Waals surface area contributed by atoms with Crippen molar-refractivity contribution in [2.45, 2.75) is 6.42 Å². The summed E-state index contributed by atoms with van der Waals surface area (Å²) in [7, 11) is 1.66. The van der Waals surface area contributed by atoms with E-state index in [0.29, 0.717) is 0 Å². The molecule has 3 N–H and O–H groups in total. The van der Waals surface area contributed by atoms with E-state index >= 15 is 0 Å². The van der Waals surface area contributed by atoms with Crippen LogP contribution in [0.2, 0.25) is 0 Å². The summed E-state index contributed by atoms with van der Waals surface area (Å²) < 4.78 is 5.03. The molecule has 0 aromatic heterocycles. The van der Waals surface area contributed by atoms with Crippen molar-refractivity contribution < 1.29 is 4.74 Å². The standard InChI is InChI=1S/C9H14N2O/c1-12-9-4-2-8(3-5-9)6-7-11-10/h2-5,11H,6-7,10H2,1H3. The normalized spacial score (nSPS) is 9.83. The zero-order valence-corrected chi connectivity index (χ0v) is 7.21. The first-order chi connectivity index (χ1) is 5.86. The number of nitrogens with two attached hydrogens (primary N) is 1. The van der Waals surface area contributed by atoms with Crippen LogP contribution in [0.15, 0.2) is 24.3 Å². The quantitative estimate of drug-likeness (QED) is 0.511. The maximum Gasteiger partial charge on any atom is 0.118 e. The molecule has 1 aromatic rings. The molecule has 0 atom stereocenters. The summed E-state index contributed by atoms with van der Waals surface area (Å²) in [6.07, 6.45) is 0.945. The van der Waals surface area contributed by atoms with Gasteiger partial charge in [0.05, 0.1) is 7.11 Å². The molecule has 12 heavy (non-hydrogen) atoms. The summed E-state index contributed by atoms with van der Waals surface area (Å²) in [6.45, 7) is 0.798. The third-order valence-corrected chi connectivity index (χ3v) is 1.72. The molecule has 0 aliphatic rings. The van der Waals surface area contributed by atoms with Gasteiger partial charge in [0.25, 0.3) is 0 Å². The monoisotopic (exact) mass is 166 g/mol. The largest absolute Gasteiger partial charge is 0.497 e. The van der Waals surface area contributed by atoms with Gasteiger partial charge in [0.1, 0.15) is 5.75 Å². The summed E-state index contributed by atoms with van der Waals surface area (Å²) in [5, 5.41) is 0. The maximum atomic E-state index is 5.16. The number of methoxy groups -OCH3 is 1. The summed E-state index contributed by atoms with van der Waals surface area (Å²) in [5.41, 5.74) is 3.87. The van der Waals surface area contributed by atoms with E-state index in [4.69, 9.17) is 10.6 Å². The van der Waals surface area contributed by atoms with Crippen molar-refractivity contribution in [3.05, 3.63) is 29.8 Å². The number of hydrogen-bond acceptors (Lipinski definition) is 3. The van der Waals surface area contributed by atoms with Gasteiger partial charge in [-0.2, -0.15) is 0 Å². The van der Waals surface area contributed by atoms with E-state index in [0.717, 1.165) is 18.7 Å². The Kier molecular flexibility index (Phi) is 3.57. The van der Waals surface area contributed by atoms with Crippen LogP contribution in [-0.2, 0) is 6.42 Å². The summed E-state index contributed by atoms with van der Waals surface area (Å²) >= 11 is 0. The van der Waals surface area contributed by atoms with Crippen LogP contribution in [0.25, 0.3) is 0 Å². The molecule has 0 spiro atoms. The number of hydrogen-bond donors (Lipinski definition) is 2. The number of ether oxygens (including phenoxy) is 1. The van der Waals surface area contributed by atoms with Crippen LogP contribution in [0.1, 0.15) is 5.56 Å². The van der Waals surface area contributed by atoms with Gasteiger partial charge in [-0.1, -0.05) is 12.1 Å². The highest BCUT2D eigenvalue weighted by atomic mass is 16.5. The summed E-state index contributed by atoms with van der Waals surface area (Å²) in [6, 6.07) is 7.98. The molecule has 0 unspecified atom stereocenters. The Morgan fingerprint density at radius 3 is 2.50 bits per heavy atom. The number of rotatable bonds is 4. The van der Waals surface area contributed by atoms with Crippen LogP contribution < -0.4 is 16.0 Å². The second kappa shape index (κ2) is 4.74. The van der Waals surface area contributed by atoms with Crippen molar-refractivity contribution in [1.82, 2.24) is 5.43 Å². The lowest BCUT2D eigenvalue weighted by molar-refractivity contribution is 0.414. The first kappa shape index (κ1) is 9.03. The van der Waals surface area contributed by atoms with Crippen LogP contribution in [0.4, 0.5) is 0 Å². The van der Waals surface area contributed by atoms with E-state index in [2.05, 4.69) is 5.43 Å². The van der Waals surface area contributed by atoms with Crippen molar-refractivity contribution in [2.75, 3.05) is 13.7 Å². The molecule has 0 aliphatic carbocycles. The Hall–Kier alpha value is -1.06. The van der Waals surface area contributed by atoms with Gasteiger partial charge in [-0.15, -0.1) is 0 Å². The smallest absolute Gasteiger partial charge is 0.118 e. The number of nitrogens with one attached hydrogen (secondary N) is 1. The van der Waals surface area contributed by atoms with Gasteiger partial charge in [-0.05, 0) is 24.1 Å². The minimum absolute atomic E-state index is 0.798. The van der Waals surface area contributed by atoms with Crippen LogP contribution >= 0.6 is 0 Å². The van der Waals surface area contributed by atoms with Gasteiger partial charge in [0, 0.05) is 6.54 Å². The van der Waals surface area contributed by atoms with Gasteiger partial charge in [0.2, 0.25) is 0 Å². The Labute approximate surface area is 72.5 Å². The molecule has 0 fully saturated rings. The predicted molar refractivity (Wildman–Crippen MR) is 48.9 cm³/mol. The van der Waals surface area contributed by atoms with Gasteiger partial charge < -0.3 is 4.74 Å². The molecular formula is C9H14N2O. The molecule has 0 radical (unpaired) electrons. The van der Waals surface area contributed by atoms with Crippen LogP contribution in [0.5, 0.6) is 5.75 Å². The lowest BCUT2D eigenvalue weighted by Gasteiger charge is -2.02. The SMILES string of the molecule is COc1ccc(CCNN)cc1. The zero-order chi connectivity index (χ0) is 8.81. The first-order valence-electron chi connectivity index (χ1n) is 3.93. The highest BCUT2D eigenvalue weighted by Crippen LogP contribution is 2.10. The van der Waals surface area contributed by atoms with Crippen molar-refractivity contribution in [2.24, 2.45) is 5.84 Å². The lowest BCUT2D eigenvalue weighted by atomic mass is 10.1. The molecule has 3 nitrogen and oxygen atoms in total. The fourth-order valence-electron chi connectivity index (χ4n) is 1.01. The fourth-order valence-corrected chi connectivity index (χ4v) is 1.01. The molecular weight excluding hydrogens is 152 g/mol. The van der Waals surface area contributed by atoms with Crippen molar-refractivity contribution >= 4 is 0 Å². The van der Waals surface area contributed by atoms with E-state index in [9.17, 15) is 0 Å². The molecule has 66 valence electrons. The average Bonchev–Trinajstić information content (AvgIpc) is 2.15. The van der Waals surface area contributed by atoms with Gasteiger partial charge in [-0.3, -0.25) is 11.3 Å². The van der Waals surface area contributed by atoms with E-state index in [1.54, 1.807) is 7.11 Å². The highest BCUT2D eigenvalue weighted by molar-refractivity contribution is 5.27. The predicted octanol–water partition coefficient (Wildman–Crippen LogP) is 0.701. The third-order valence-electron chi connectivity index (χ3n) is 1.72. The Morgan fingerprint density at radius 1 is 1.33 bits per heavy atom. The molecule has 0 amide bonds. The van der Waals surface area contributed by atoms with Crippen molar-refractivity contribution in [1.29, 1.82) is 0 Å². The molecule has 0 bridgehead atoms. The van der Waals surface area contributed by atoms with E-state index in [1.165, 1.54) is 5.56 Å². The van der Waals surface area contributed by atoms with Crippen molar-refractivity contribution in [3.63, 3.8) is 0 Å². The highest BCUT2D eigenvalue weighted by Gasteiger charge is 1.92.